The minimum absolute atomic E-state index is 0.205. The van der Waals surface area contributed by atoms with Crippen molar-refractivity contribution >= 4 is 0 Å². The molecule has 1 fully saturated rings. The second-order valence-corrected chi connectivity index (χ2v) is 5.67. The molecule has 1 N–H and O–H groups in total. The van der Waals surface area contributed by atoms with Crippen LogP contribution in [0.4, 0.5) is 0 Å². The molecular formula is C15H27N3O. The third-order valence-corrected chi connectivity index (χ3v) is 3.86. The minimum atomic E-state index is 0.205. The van der Waals surface area contributed by atoms with Gasteiger partial charge in [0.2, 0.25) is 5.89 Å². The largest absolute Gasteiger partial charge is 0.444 e. The van der Waals surface area contributed by atoms with E-state index in [2.05, 4.69) is 29.0 Å². The maximum Gasteiger partial charge on any atom is 0.211 e. The third kappa shape index (κ3) is 4.32. The normalized spacial score (nSPS) is 23.2. The molecule has 0 bridgehead atoms. The SMILES string of the molecule is CCCN1CCCC(NC(C)c2ncc(C)o2)CC1. The highest BCUT2D eigenvalue weighted by molar-refractivity contribution is 4.95. The van der Waals surface area contributed by atoms with E-state index < -0.39 is 0 Å². The first kappa shape index (κ1) is 14.5. The molecule has 4 heteroatoms. The maximum atomic E-state index is 5.59. The minimum Gasteiger partial charge on any atom is -0.444 e. The van der Waals surface area contributed by atoms with E-state index in [-0.39, 0.29) is 6.04 Å². The standard InChI is InChI=1S/C15H27N3O/c1-4-8-18-9-5-6-14(7-10-18)17-13(3)15-16-11-12(2)19-15/h11,13-14,17H,4-10H2,1-3H3. The molecule has 0 aliphatic carbocycles. The first-order valence-corrected chi connectivity index (χ1v) is 7.59. The number of hydrogen-bond donors (Lipinski definition) is 1. The van der Waals surface area contributed by atoms with Crippen molar-refractivity contribution in [1.82, 2.24) is 15.2 Å². The maximum absolute atomic E-state index is 5.59. The summed E-state index contributed by atoms with van der Waals surface area (Å²) in [4.78, 5) is 6.89. The van der Waals surface area contributed by atoms with Gasteiger partial charge in [0.15, 0.2) is 0 Å². The molecule has 1 aliphatic rings. The van der Waals surface area contributed by atoms with Crippen LogP contribution in [0.15, 0.2) is 10.6 Å². The topological polar surface area (TPSA) is 41.3 Å². The number of nitrogens with zero attached hydrogens (tertiary/aromatic N) is 2. The van der Waals surface area contributed by atoms with Crippen LogP contribution in [-0.4, -0.2) is 35.6 Å². The zero-order valence-electron chi connectivity index (χ0n) is 12.5. The second-order valence-electron chi connectivity index (χ2n) is 5.67. The Morgan fingerprint density at radius 3 is 3.00 bits per heavy atom. The summed E-state index contributed by atoms with van der Waals surface area (Å²) in [6, 6.07) is 0.792. The van der Waals surface area contributed by atoms with Crippen molar-refractivity contribution in [3.8, 4) is 0 Å². The van der Waals surface area contributed by atoms with Crippen LogP contribution < -0.4 is 5.32 Å². The van der Waals surface area contributed by atoms with Crippen LogP contribution in [0.5, 0.6) is 0 Å². The third-order valence-electron chi connectivity index (χ3n) is 3.86. The summed E-state index contributed by atoms with van der Waals surface area (Å²) >= 11 is 0. The van der Waals surface area contributed by atoms with E-state index in [1.807, 2.05) is 6.92 Å². The molecule has 19 heavy (non-hydrogen) atoms. The molecule has 0 amide bonds. The van der Waals surface area contributed by atoms with E-state index in [9.17, 15) is 0 Å². The molecule has 1 aliphatic heterocycles. The molecule has 2 heterocycles. The number of rotatable bonds is 5. The number of hydrogen-bond acceptors (Lipinski definition) is 4. The van der Waals surface area contributed by atoms with Crippen molar-refractivity contribution in [2.75, 3.05) is 19.6 Å². The molecule has 0 saturated carbocycles. The van der Waals surface area contributed by atoms with E-state index >= 15 is 0 Å². The lowest BCUT2D eigenvalue weighted by Gasteiger charge is -2.21. The van der Waals surface area contributed by atoms with Crippen LogP contribution in [0, 0.1) is 6.92 Å². The van der Waals surface area contributed by atoms with Gasteiger partial charge in [0.1, 0.15) is 5.76 Å². The van der Waals surface area contributed by atoms with Crippen LogP contribution in [0.1, 0.15) is 57.2 Å². The molecule has 1 saturated heterocycles. The van der Waals surface area contributed by atoms with Gasteiger partial charge in [0.25, 0.3) is 0 Å². The van der Waals surface area contributed by atoms with Crippen molar-refractivity contribution in [1.29, 1.82) is 0 Å². The van der Waals surface area contributed by atoms with Gasteiger partial charge < -0.3 is 14.6 Å². The van der Waals surface area contributed by atoms with Crippen molar-refractivity contribution in [2.24, 2.45) is 0 Å². The Bertz CT molecular complexity index is 377. The molecule has 0 aromatic carbocycles. The fourth-order valence-corrected chi connectivity index (χ4v) is 2.86. The van der Waals surface area contributed by atoms with Gasteiger partial charge in [0.05, 0.1) is 12.2 Å². The summed E-state index contributed by atoms with van der Waals surface area (Å²) in [5, 5.41) is 3.67. The predicted molar refractivity (Wildman–Crippen MR) is 77.2 cm³/mol. The van der Waals surface area contributed by atoms with Gasteiger partial charge >= 0.3 is 0 Å². The van der Waals surface area contributed by atoms with Crippen molar-refractivity contribution in [2.45, 2.75) is 58.5 Å². The Morgan fingerprint density at radius 2 is 2.32 bits per heavy atom. The molecule has 1 aromatic heterocycles. The number of likely N-dealkylation sites (tertiary alicyclic amines) is 1. The molecule has 2 unspecified atom stereocenters. The first-order chi connectivity index (χ1) is 9.19. The van der Waals surface area contributed by atoms with Crippen LogP contribution in [-0.2, 0) is 0 Å². The van der Waals surface area contributed by atoms with Gasteiger partial charge in [-0.25, -0.2) is 4.98 Å². The van der Waals surface area contributed by atoms with Crippen molar-refractivity contribution < 1.29 is 4.42 Å². The predicted octanol–water partition coefficient (Wildman–Crippen LogP) is 2.90. The van der Waals surface area contributed by atoms with Gasteiger partial charge in [-0.3, -0.25) is 0 Å². The Labute approximate surface area is 116 Å². The molecule has 2 atom stereocenters. The number of nitrogens with one attached hydrogen (secondary N) is 1. The van der Waals surface area contributed by atoms with E-state index in [0.717, 1.165) is 11.7 Å². The summed E-state index contributed by atoms with van der Waals surface area (Å²) in [7, 11) is 0. The summed E-state index contributed by atoms with van der Waals surface area (Å²) in [5.74, 6) is 1.70. The summed E-state index contributed by atoms with van der Waals surface area (Å²) in [5.41, 5.74) is 0. The van der Waals surface area contributed by atoms with Crippen molar-refractivity contribution in [3.05, 3.63) is 17.8 Å². The Morgan fingerprint density at radius 1 is 1.47 bits per heavy atom. The smallest absolute Gasteiger partial charge is 0.211 e. The number of aryl methyl sites for hydroxylation is 1. The van der Waals surface area contributed by atoms with Crippen LogP contribution >= 0.6 is 0 Å². The summed E-state index contributed by atoms with van der Waals surface area (Å²) in [6.45, 7) is 10.0. The van der Waals surface area contributed by atoms with Gasteiger partial charge in [-0.05, 0) is 59.2 Å². The molecule has 0 radical (unpaired) electrons. The number of oxazole rings is 1. The average Bonchev–Trinajstić information content (AvgIpc) is 2.70. The fourth-order valence-electron chi connectivity index (χ4n) is 2.86. The quantitative estimate of drug-likeness (QED) is 0.889. The Kier molecular flexibility index (Phi) is 5.40. The van der Waals surface area contributed by atoms with Crippen LogP contribution in [0.2, 0.25) is 0 Å². The van der Waals surface area contributed by atoms with Crippen LogP contribution in [0.25, 0.3) is 0 Å². The van der Waals surface area contributed by atoms with Crippen LogP contribution in [0.3, 0.4) is 0 Å². The van der Waals surface area contributed by atoms with Gasteiger partial charge in [-0.15, -0.1) is 0 Å². The Balaban J connectivity index is 1.82. The fraction of sp³-hybridized carbons (Fsp3) is 0.800. The van der Waals surface area contributed by atoms with E-state index in [1.165, 1.54) is 45.3 Å². The lowest BCUT2D eigenvalue weighted by molar-refractivity contribution is 0.280. The molecule has 2 rings (SSSR count). The van der Waals surface area contributed by atoms with E-state index in [1.54, 1.807) is 6.20 Å². The molecule has 1 aromatic rings. The Hall–Kier alpha value is -0.870. The zero-order valence-corrected chi connectivity index (χ0v) is 12.5. The van der Waals surface area contributed by atoms with Gasteiger partial charge in [0, 0.05) is 6.04 Å². The van der Waals surface area contributed by atoms with E-state index in [0.29, 0.717) is 6.04 Å². The molecule has 0 spiro atoms. The molecule has 108 valence electrons. The highest BCUT2D eigenvalue weighted by Gasteiger charge is 2.20. The second kappa shape index (κ2) is 7.06. The van der Waals surface area contributed by atoms with Gasteiger partial charge in [-0.1, -0.05) is 6.92 Å². The van der Waals surface area contributed by atoms with Crippen molar-refractivity contribution in [3.63, 3.8) is 0 Å². The summed E-state index contributed by atoms with van der Waals surface area (Å²) < 4.78 is 5.59. The lowest BCUT2D eigenvalue weighted by Crippen LogP contribution is -2.33. The van der Waals surface area contributed by atoms with Gasteiger partial charge in [-0.2, -0.15) is 0 Å². The molecule has 4 nitrogen and oxygen atoms in total. The summed E-state index contributed by atoms with van der Waals surface area (Å²) in [6.07, 6.45) is 6.82. The highest BCUT2D eigenvalue weighted by Crippen LogP contribution is 2.17. The van der Waals surface area contributed by atoms with E-state index in [4.69, 9.17) is 4.42 Å². The highest BCUT2D eigenvalue weighted by atomic mass is 16.4. The first-order valence-electron chi connectivity index (χ1n) is 7.59. The average molecular weight is 265 g/mol. The monoisotopic (exact) mass is 265 g/mol. The molecular weight excluding hydrogens is 238 g/mol. The number of aromatic nitrogens is 1. The lowest BCUT2D eigenvalue weighted by atomic mass is 10.1. The zero-order chi connectivity index (χ0) is 13.7.